The fourth-order valence-electron chi connectivity index (χ4n) is 3.76. The second-order valence-electron chi connectivity index (χ2n) is 8.07. The molecule has 1 saturated carbocycles. The van der Waals surface area contributed by atoms with E-state index in [1.54, 1.807) is 4.90 Å². The third kappa shape index (κ3) is 5.68. The van der Waals surface area contributed by atoms with Crippen LogP contribution in [0.1, 0.15) is 85.9 Å². The molecule has 162 valence electrons. The molecule has 0 bridgehead atoms. The minimum absolute atomic E-state index is 0.00552. The molecule has 2 rings (SSSR count). The minimum Gasteiger partial charge on any atom is -0.395 e. The molecule has 0 saturated heterocycles. The third-order valence-corrected chi connectivity index (χ3v) is 6.18. The standard InChI is InChI=1S/C20H33N5O3S/c1-4-7-14(19(27)23-11-10-12(2)3)25(13-8-5-6-9-13)20(28)17-15(21)16(18(22)26)24-29-17/h12-14H,4-11,21H2,1-3H3,(H2,22,26)(H,23,27). The van der Waals surface area contributed by atoms with Crippen LogP contribution in [0.4, 0.5) is 5.69 Å². The summed E-state index contributed by atoms with van der Waals surface area (Å²) in [6, 6.07) is -0.588. The summed E-state index contributed by atoms with van der Waals surface area (Å²) in [7, 11) is 0. The molecular formula is C20H33N5O3S. The van der Waals surface area contributed by atoms with Crippen LogP contribution in [-0.2, 0) is 4.79 Å². The van der Waals surface area contributed by atoms with Crippen LogP contribution >= 0.6 is 11.5 Å². The lowest BCUT2D eigenvalue weighted by Crippen LogP contribution is -2.53. The van der Waals surface area contributed by atoms with Crippen LogP contribution in [0, 0.1) is 5.92 Å². The Hall–Kier alpha value is -2.16. The summed E-state index contributed by atoms with van der Waals surface area (Å²) < 4.78 is 3.96. The van der Waals surface area contributed by atoms with Crippen LogP contribution in [0.2, 0.25) is 0 Å². The van der Waals surface area contributed by atoms with Gasteiger partial charge in [0.2, 0.25) is 5.91 Å². The van der Waals surface area contributed by atoms with Crippen LogP contribution in [-0.4, -0.2) is 45.6 Å². The number of nitrogens with two attached hydrogens (primary N) is 2. The van der Waals surface area contributed by atoms with Gasteiger partial charge >= 0.3 is 0 Å². The zero-order chi connectivity index (χ0) is 21.6. The van der Waals surface area contributed by atoms with E-state index in [9.17, 15) is 14.4 Å². The van der Waals surface area contributed by atoms with Gasteiger partial charge in [-0.2, -0.15) is 4.37 Å². The fraction of sp³-hybridized carbons (Fsp3) is 0.700. The molecule has 0 radical (unpaired) electrons. The summed E-state index contributed by atoms with van der Waals surface area (Å²) in [5.74, 6) is -0.749. The van der Waals surface area contributed by atoms with Gasteiger partial charge in [-0.25, -0.2) is 0 Å². The summed E-state index contributed by atoms with van der Waals surface area (Å²) in [6.07, 6.45) is 5.96. The summed E-state index contributed by atoms with van der Waals surface area (Å²) in [5.41, 5.74) is 11.2. The van der Waals surface area contributed by atoms with E-state index in [1.807, 2.05) is 6.92 Å². The van der Waals surface area contributed by atoms with Gasteiger partial charge in [0.1, 0.15) is 10.9 Å². The van der Waals surface area contributed by atoms with Crippen molar-refractivity contribution in [3.05, 3.63) is 10.6 Å². The molecular weight excluding hydrogens is 390 g/mol. The molecule has 1 aromatic rings. The molecule has 1 fully saturated rings. The first-order chi connectivity index (χ1) is 13.8. The number of rotatable bonds is 10. The number of aromatic nitrogens is 1. The van der Waals surface area contributed by atoms with Gasteiger partial charge in [-0.1, -0.05) is 40.0 Å². The number of primary amides is 1. The number of carbonyl (C=O) groups is 3. The van der Waals surface area contributed by atoms with E-state index in [0.29, 0.717) is 18.9 Å². The third-order valence-electron chi connectivity index (χ3n) is 5.33. The lowest BCUT2D eigenvalue weighted by Gasteiger charge is -2.35. The Kier molecular flexibility index (Phi) is 8.43. The largest absolute Gasteiger partial charge is 0.395 e. The molecule has 1 atom stereocenters. The van der Waals surface area contributed by atoms with Gasteiger partial charge in [0, 0.05) is 12.6 Å². The van der Waals surface area contributed by atoms with Crippen molar-refractivity contribution in [2.75, 3.05) is 12.3 Å². The highest BCUT2D eigenvalue weighted by Crippen LogP contribution is 2.31. The van der Waals surface area contributed by atoms with E-state index in [2.05, 4.69) is 23.5 Å². The Balaban J connectivity index is 2.32. The molecule has 0 aromatic carbocycles. The van der Waals surface area contributed by atoms with E-state index in [4.69, 9.17) is 11.5 Å². The van der Waals surface area contributed by atoms with Crippen LogP contribution in [0.25, 0.3) is 0 Å². The summed E-state index contributed by atoms with van der Waals surface area (Å²) >= 11 is 0.870. The van der Waals surface area contributed by atoms with Gasteiger partial charge in [-0.05, 0) is 43.1 Å². The maximum absolute atomic E-state index is 13.5. The molecule has 0 aliphatic heterocycles. The van der Waals surface area contributed by atoms with Crippen LogP contribution in [0.3, 0.4) is 0 Å². The molecule has 3 amide bonds. The number of nitrogens with zero attached hydrogens (tertiary/aromatic N) is 2. The second kappa shape index (κ2) is 10.6. The Bertz CT molecular complexity index is 728. The Labute approximate surface area is 176 Å². The van der Waals surface area contributed by atoms with Crippen molar-refractivity contribution in [2.24, 2.45) is 11.7 Å². The van der Waals surface area contributed by atoms with Crippen LogP contribution in [0.15, 0.2) is 0 Å². The zero-order valence-electron chi connectivity index (χ0n) is 17.6. The number of nitrogens with one attached hydrogen (secondary N) is 1. The molecule has 1 heterocycles. The molecule has 8 nitrogen and oxygen atoms in total. The molecule has 0 spiro atoms. The zero-order valence-corrected chi connectivity index (χ0v) is 18.4. The predicted molar refractivity (Wildman–Crippen MR) is 115 cm³/mol. The quantitative estimate of drug-likeness (QED) is 0.532. The van der Waals surface area contributed by atoms with Gasteiger partial charge in [-0.3, -0.25) is 14.4 Å². The van der Waals surface area contributed by atoms with E-state index < -0.39 is 11.9 Å². The average Bonchev–Trinajstić information content (AvgIpc) is 3.30. The Morgan fingerprint density at radius 1 is 1.24 bits per heavy atom. The molecule has 1 unspecified atom stereocenters. The first-order valence-corrected chi connectivity index (χ1v) is 11.2. The number of nitrogen functional groups attached to an aromatic ring is 1. The van der Waals surface area contributed by atoms with Crippen molar-refractivity contribution in [3.8, 4) is 0 Å². The summed E-state index contributed by atoms with van der Waals surface area (Å²) in [5, 5.41) is 3.00. The normalized spacial score (nSPS) is 15.4. The van der Waals surface area contributed by atoms with Crippen molar-refractivity contribution in [1.82, 2.24) is 14.6 Å². The summed E-state index contributed by atoms with van der Waals surface area (Å²) in [6.45, 7) is 6.79. The van der Waals surface area contributed by atoms with Crippen molar-refractivity contribution >= 4 is 34.9 Å². The summed E-state index contributed by atoms with van der Waals surface area (Å²) in [4.78, 5) is 39.9. The van der Waals surface area contributed by atoms with Crippen molar-refractivity contribution in [1.29, 1.82) is 0 Å². The highest BCUT2D eigenvalue weighted by molar-refractivity contribution is 7.09. The maximum atomic E-state index is 13.5. The first kappa shape index (κ1) is 23.1. The van der Waals surface area contributed by atoms with Crippen molar-refractivity contribution in [3.63, 3.8) is 0 Å². The minimum atomic E-state index is -0.762. The highest BCUT2D eigenvalue weighted by atomic mass is 32.1. The monoisotopic (exact) mass is 423 g/mol. The Morgan fingerprint density at radius 2 is 1.90 bits per heavy atom. The molecule has 29 heavy (non-hydrogen) atoms. The number of anilines is 1. The van der Waals surface area contributed by atoms with Crippen molar-refractivity contribution < 1.29 is 14.4 Å². The number of hydrogen-bond acceptors (Lipinski definition) is 6. The molecule has 1 aliphatic carbocycles. The Morgan fingerprint density at radius 3 is 2.41 bits per heavy atom. The molecule has 1 aromatic heterocycles. The van der Waals surface area contributed by atoms with Gasteiger partial charge in [0.15, 0.2) is 5.69 Å². The smallest absolute Gasteiger partial charge is 0.270 e. The van der Waals surface area contributed by atoms with Gasteiger partial charge < -0.3 is 21.7 Å². The topological polar surface area (TPSA) is 131 Å². The lowest BCUT2D eigenvalue weighted by molar-refractivity contribution is -0.126. The number of hydrogen-bond donors (Lipinski definition) is 3. The number of amides is 3. The first-order valence-electron chi connectivity index (χ1n) is 10.4. The van der Waals surface area contributed by atoms with Crippen molar-refractivity contribution in [2.45, 2.75) is 77.8 Å². The van der Waals surface area contributed by atoms with E-state index >= 15 is 0 Å². The average molecular weight is 424 g/mol. The van der Waals surface area contributed by atoms with Crippen LogP contribution < -0.4 is 16.8 Å². The lowest BCUT2D eigenvalue weighted by atomic mass is 10.0. The van der Waals surface area contributed by atoms with E-state index in [1.165, 1.54) is 0 Å². The SMILES string of the molecule is CCCC(C(=O)NCCC(C)C)N(C(=O)c1snc(C(N)=O)c1N)C1CCCC1. The second-order valence-corrected chi connectivity index (χ2v) is 8.84. The van der Waals surface area contributed by atoms with E-state index in [-0.39, 0.29) is 34.1 Å². The van der Waals surface area contributed by atoms with E-state index in [0.717, 1.165) is 50.1 Å². The predicted octanol–water partition coefficient (Wildman–Crippen LogP) is 2.54. The van der Waals surface area contributed by atoms with Gasteiger partial charge in [0.25, 0.3) is 11.8 Å². The highest BCUT2D eigenvalue weighted by Gasteiger charge is 2.38. The van der Waals surface area contributed by atoms with Gasteiger partial charge in [-0.15, -0.1) is 0 Å². The molecule has 5 N–H and O–H groups in total. The fourth-order valence-corrected chi connectivity index (χ4v) is 4.51. The van der Waals surface area contributed by atoms with Crippen LogP contribution in [0.5, 0.6) is 0 Å². The maximum Gasteiger partial charge on any atom is 0.270 e. The molecule has 9 heteroatoms. The molecule has 1 aliphatic rings. The number of carbonyl (C=O) groups excluding carboxylic acids is 3. The van der Waals surface area contributed by atoms with Gasteiger partial charge in [0.05, 0.1) is 5.69 Å².